The Morgan fingerprint density at radius 1 is 1.14 bits per heavy atom. The molecule has 0 fully saturated rings. The number of nitrogens with one attached hydrogen (secondary N) is 1. The van der Waals surface area contributed by atoms with Crippen molar-refractivity contribution in [3.63, 3.8) is 0 Å². The van der Waals surface area contributed by atoms with Crippen molar-refractivity contribution >= 4 is 12.0 Å². The molecule has 122 valence electrons. The molecule has 0 bridgehead atoms. The van der Waals surface area contributed by atoms with Crippen molar-refractivity contribution in [2.75, 3.05) is 27.4 Å². The fourth-order valence-electron chi connectivity index (χ4n) is 1.99. The van der Waals surface area contributed by atoms with Gasteiger partial charge in [-0.2, -0.15) is 0 Å². The first kappa shape index (κ1) is 18.0. The predicted octanol–water partition coefficient (Wildman–Crippen LogP) is 2.39. The molecule has 0 aliphatic heterocycles. The van der Waals surface area contributed by atoms with Crippen LogP contribution >= 0.6 is 0 Å². The van der Waals surface area contributed by atoms with Crippen molar-refractivity contribution in [2.45, 2.75) is 25.7 Å². The van der Waals surface area contributed by atoms with Crippen LogP contribution in [0.15, 0.2) is 24.3 Å². The third-order valence-corrected chi connectivity index (χ3v) is 3.22. The van der Waals surface area contributed by atoms with Crippen LogP contribution in [-0.2, 0) is 4.79 Å². The number of rotatable bonds is 10. The Labute approximate surface area is 131 Å². The number of aliphatic hydroxyl groups is 1. The first-order valence-corrected chi connectivity index (χ1v) is 7.50. The van der Waals surface area contributed by atoms with Crippen LogP contribution in [-0.4, -0.2) is 38.4 Å². The summed E-state index contributed by atoms with van der Waals surface area (Å²) in [5.74, 6) is 1.18. The molecule has 22 heavy (non-hydrogen) atoms. The highest BCUT2D eigenvalue weighted by Gasteiger charge is 2.03. The summed E-state index contributed by atoms with van der Waals surface area (Å²) in [5, 5.41) is 11.5. The van der Waals surface area contributed by atoms with Crippen molar-refractivity contribution in [2.24, 2.45) is 0 Å². The number of methoxy groups -OCH3 is 2. The molecule has 0 aliphatic carbocycles. The van der Waals surface area contributed by atoms with Crippen LogP contribution in [0, 0.1) is 0 Å². The van der Waals surface area contributed by atoms with E-state index in [0.29, 0.717) is 18.0 Å². The highest BCUT2D eigenvalue weighted by Crippen LogP contribution is 2.27. The maximum Gasteiger partial charge on any atom is 0.243 e. The average molecular weight is 307 g/mol. The molecule has 1 aromatic carbocycles. The molecule has 1 rings (SSSR count). The van der Waals surface area contributed by atoms with E-state index in [-0.39, 0.29) is 12.5 Å². The van der Waals surface area contributed by atoms with E-state index < -0.39 is 0 Å². The second-order valence-corrected chi connectivity index (χ2v) is 4.88. The van der Waals surface area contributed by atoms with Gasteiger partial charge in [-0.15, -0.1) is 0 Å². The second-order valence-electron chi connectivity index (χ2n) is 4.88. The van der Waals surface area contributed by atoms with Crippen LogP contribution in [0.3, 0.4) is 0 Å². The van der Waals surface area contributed by atoms with Gasteiger partial charge in [0.05, 0.1) is 14.2 Å². The maximum absolute atomic E-state index is 11.7. The Morgan fingerprint density at radius 2 is 1.86 bits per heavy atom. The van der Waals surface area contributed by atoms with Gasteiger partial charge in [0.1, 0.15) is 0 Å². The van der Waals surface area contributed by atoms with E-state index >= 15 is 0 Å². The zero-order chi connectivity index (χ0) is 16.2. The summed E-state index contributed by atoms with van der Waals surface area (Å²) in [6.45, 7) is 0.890. The molecule has 0 aromatic heterocycles. The summed E-state index contributed by atoms with van der Waals surface area (Å²) in [4.78, 5) is 11.7. The Bertz CT molecular complexity index is 486. The number of ether oxygens (including phenoxy) is 2. The molecule has 0 atom stereocenters. The summed E-state index contributed by atoms with van der Waals surface area (Å²) in [7, 11) is 3.16. The molecular weight excluding hydrogens is 282 g/mol. The van der Waals surface area contributed by atoms with Crippen molar-refractivity contribution in [3.05, 3.63) is 29.8 Å². The number of carbonyl (C=O) groups is 1. The lowest BCUT2D eigenvalue weighted by atomic mass is 10.2. The SMILES string of the molecule is COc1ccc(/C=C/C(=O)NCCCCCCO)cc1OC. The number of hydrogen-bond acceptors (Lipinski definition) is 4. The largest absolute Gasteiger partial charge is 0.493 e. The fraction of sp³-hybridized carbons (Fsp3) is 0.471. The molecule has 0 unspecified atom stereocenters. The zero-order valence-corrected chi connectivity index (χ0v) is 13.3. The van der Waals surface area contributed by atoms with E-state index in [1.54, 1.807) is 26.4 Å². The van der Waals surface area contributed by atoms with Gasteiger partial charge in [-0.05, 0) is 36.6 Å². The third kappa shape index (κ3) is 6.63. The molecular formula is C17H25NO4. The van der Waals surface area contributed by atoms with Gasteiger partial charge in [0.2, 0.25) is 5.91 Å². The molecule has 5 nitrogen and oxygen atoms in total. The van der Waals surface area contributed by atoms with Crippen LogP contribution < -0.4 is 14.8 Å². The zero-order valence-electron chi connectivity index (χ0n) is 13.3. The van der Waals surface area contributed by atoms with Crippen molar-refractivity contribution in [1.29, 1.82) is 0 Å². The lowest BCUT2D eigenvalue weighted by molar-refractivity contribution is -0.116. The predicted molar refractivity (Wildman–Crippen MR) is 87.1 cm³/mol. The minimum atomic E-state index is -0.114. The first-order valence-electron chi connectivity index (χ1n) is 7.50. The number of amides is 1. The van der Waals surface area contributed by atoms with Gasteiger partial charge < -0.3 is 19.9 Å². The average Bonchev–Trinajstić information content (AvgIpc) is 2.55. The lowest BCUT2D eigenvalue weighted by Crippen LogP contribution is -2.21. The maximum atomic E-state index is 11.7. The van der Waals surface area contributed by atoms with E-state index in [1.165, 1.54) is 6.08 Å². The molecule has 0 radical (unpaired) electrons. The monoisotopic (exact) mass is 307 g/mol. The van der Waals surface area contributed by atoms with Gasteiger partial charge >= 0.3 is 0 Å². The van der Waals surface area contributed by atoms with Gasteiger partial charge in [0, 0.05) is 19.2 Å². The molecule has 0 aliphatic rings. The first-order chi connectivity index (χ1) is 10.7. The Morgan fingerprint density at radius 3 is 2.55 bits per heavy atom. The Balaban J connectivity index is 2.39. The van der Waals surface area contributed by atoms with Crippen LogP contribution in [0.25, 0.3) is 6.08 Å². The molecule has 1 aromatic rings. The summed E-state index contributed by atoms with van der Waals surface area (Å²) in [6, 6.07) is 5.48. The van der Waals surface area contributed by atoms with Gasteiger partial charge in [-0.25, -0.2) is 0 Å². The highest BCUT2D eigenvalue weighted by atomic mass is 16.5. The molecule has 0 spiro atoms. The van der Waals surface area contributed by atoms with Crippen LogP contribution in [0.1, 0.15) is 31.2 Å². The van der Waals surface area contributed by atoms with Crippen LogP contribution in [0.5, 0.6) is 11.5 Å². The number of benzene rings is 1. The Kier molecular flexibility index (Phi) is 8.76. The quantitative estimate of drug-likeness (QED) is 0.514. The van der Waals surface area contributed by atoms with E-state index in [9.17, 15) is 4.79 Å². The van der Waals surface area contributed by atoms with E-state index in [4.69, 9.17) is 14.6 Å². The smallest absolute Gasteiger partial charge is 0.243 e. The highest BCUT2D eigenvalue weighted by molar-refractivity contribution is 5.91. The second kappa shape index (κ2) is 10.7. The molecule has 2 N–H and O–H groups in total. The van der Waals surface area contributed by atoms with Crippen LogP contribution in [0.2, 0.25) is 0 Å². The number of aliphatic hydroxyl groups excluding tert-OH is 1. The third-order valence-electron chi connectivity index (χ3n) is 3.22. The molecule has 5 heteroatoms. The number of hydrogen-bond donors (Lipinski definition) is 2. The Hall–Kier alpha value is -2.01. The summed E-state index contributed by atoms with van der Waals surface area (Å²) in [6.07, 6.45) is 7.01. The minimum Gasteiger partial charge on any atom is -0.493 e. The van der Waals surface area contributed by atoms with Crippen molar-refractivity contribution < 1.29 is 19.4 Å². The molecule has 0 saturated heterocycles. The van der Waals surface area contributed by atoms with Gasteiger partial charge in [-0.3, -0.25) is 4.79 Å². The van der Waals surface area contributed by atoms with Gasteiger partial charge in [0.25, 0.3) is 0 Å². The molecule has 1 amide bonds. The lowest BCUT2D eigenvalue weighted by Gasteiger charge is -2.07. The summed E-state index contributed by atoms with van der Waals surface area (Å²) in [5.41, 5.74) is 0.871. The van der Waals surface area contributed by atoms with E-state index in [2.05, 4.69) is 5.32 Å². The normalized spacial score (nSPS) is 10.7. The summed E-state index contributed by atoms with van der Waals surface area (Å²) < 4.78 is 10.4. The van der Waals surface area contributed by atoms with E-state index in [0.717, 1.165) is 31.2 Å². The standard InChI is InChI=1S/C17H25NO4/c1-21-15-9-7-14(13-16(15)22-2)8-10-17(20)18-11-5-3-4-6-12-19/h7-10,13,19H,3-6,11-12H2,1-2H3,(H,18,20)/b10-8+. The molecule has 0 heterocycles. The van der Waals surface area contributed by atoms with Gasteiger partial charge in [0.15, 0.2) is 11.5 Å². The number of unbranched alkanes of at least 4 members (excludes halogenated alkanes) is 3. The molecule has 0 saturated carbocycles. The minimum absolute atomic E-state index is 0.114. The van der Waals surface area contributed by atoms with Crippen LogP contribution in [0.4, 0.5) is 0 Å². The topological polar surface area (TPSA) is 67.8 Å². The van der Waals surface area contributed by atoms with Crippen molar-refractivity contribution in [3.8, 4) is 11.5 Å². The summed E-state index contributed by atoms with van der Waals surface area (Å²) >= 11 is 0. The van der Waals surface area contributed by atoms with Crippen molar-refractivity contribution in [1.82, 2.24) is 5.32 Å². The fourth-order valence-corrected chi connectivity index (χ4v) is 1.99. The van der Waals surface area contributed by atoms with E-state index in [1.807, 2.05) is 12.1 Å². The van der Waals surface area contributed by atoms with Gasteiger partial charge in [-0.1, -0.05) is 18.9 Å². The number of carbonyl (C=O) groups excluding carboxylic acids is 1.